The minimum atomic E-state index is -1.86. The lowest BCUT2D eigenvalue weighted by Gasteiger charge is -2.35. The molecule has 4 aliphatic rings. The summed E-state index contributed by atoms with van der Waals surface area (Å²) < 4.78 is 27.4. The van der Waals surface area contributed by atoms with E-state index in [1.165, 1.54) is 0 Å². The maximum absolute atomic E-state index is 16.3. The Labute approximate surface area is 242 Å². The lowest BCUT2D eigenvalue weighted by Crippen LogP contribution is -2.48. The molecule has 3 saturated heterocycles. The van der Waals surface area contributed by atoms with Crippen molar-refractivity contribution in [3.63, 3.8) is 0 Å². The van der Waals surface area contributed by atoms with Gasteiger partial charge in [-0.3, -0.25) is 14.5 Å². The zero-order chi connectivity index (χ0) is 28.4. The highest BCUT2D eigenvalue weighted by Gasteiger charge is 2.51. The van der Waals surface area contributed by atoms with Crippen LogP contribution in [0.15, 0.2) is 18.2 Å². The van der Waals surface area contributed by atoms with Crippen LogP contribution in [0.25, 0.3) is 0 Å². The van der Waals surface area contributed by atoms with Crippen LogP contribution in [-0.2, 0) is 19.1 Å². The van der Waals surface area contributed by atoms with E-state index in [0.29, 0.717) is 69.3 Å². The number of nitrogens with zero attached hydrogens (tertiary/aromatic N) is 3. The van der Waals surface area contributed by atoms with Crippen molar-refractivity contribution in [2.75, 3.05) is 65.0 Å². The summed E-state index contributed by atoms with van der Waals surface area (Å²) >= 11 is 6.45. The van der Waals surface area contributed by atoms with Crippen LogP contribution < -0.4 is 10.6 Å². The molecule has 2 N–H and O–H groups in total. The fraction of sp³-hybridized carbons (Fsp3) is 0.733. The first-order valence-electron chi connectivity index (χ1n) is 14.8. The molecule has 0 spiro atoms. The molecule has 0 radical (unpaired) electrons. The third-order valence-electron chi connectivity index (χ3n) is 9.86. The molecule has 8 nitrogen and oxygen atoms in total. The van der Waals surface area contributed by atoms with Gasteiger partial charge in [0.15, 0.2) is 0 Å². The minimum Gasteiger partial charge on any atom is -0.384 e. The normalized spacial score (nSPS) is 32.1. The summed E-state index contributed by atoms with van der Waals surface area (Å²) in [5.41, 5.74) is 5.81. The summed E-state index contributed by atoms with van der Waals surface area (Å²) in [6, 6.07) is 6.21. The van der Waals surface area contributed by atoms with Gasteiger partial charge in [-0.05, 0) is 56.2 Å². The standard InChI is InChI=1S/C30H44ClFN4O4/c1-39-18-21-16-36(29(38)30(32)11-14-35(19-30)23-4-6-24(40-2)7-5-23)17-26(21)25-8-3-22(31)15-27(25)34-12-9-20(10-13-34)28(33)37/h3,8,15,20-21,23-24,26H,4-7,9-14,16-19H2,1-2H3,(H2,33,37)/t21-,23?,24?,26+,30-/m1/s1. The zero-order valence-electron chi connectivity index (χ0n) is 23.8. The molecular weight excluding hydrogens is 535 g/mol. The first-order chi connectivity index (χ1) is 19.2. The van der Waals surface area contributed by atoms with E-state index in [9.17, 15) is 9.59 Å². The van der Waals surface area contributed by atoms with E-state index in [1.54, 1.807) is 19.1 Å². The number of likely N-dealkylation sites (tertiary alicyclic amines) is 2. The van der Waals surface area contributed by atoms with E-state index in [1.807, 2.05) is 18.2 Å². The maximum Gasteiger partial charge on any atom is 0.261 e. The summed E-state index contributed by atoms with van der Waals surface area (Å²) in [6.45, 7) is 3.60. The van der Waals surface area contributed by atoms with Crippen LogP contribution in [-0.4, -0.2) is 99.5 Å². The second-order valence-corrected chi connectivity index (χ2v) is 12.7. The number of primary amides is 1. The third-order valence-corrected chi connectivity index (χ3v) is 10.1. The highest BCUT2D eigenvalue weighted by Crippen LogP contribution is 2.42. The first-order valence-corrected chi connectivity index (χ1v) is 15.2. The molecule has 0 bridgehead atoms. The molecule has 40 heavy (non-hydrogen) atoms. The molecule has 3 aliphatic heterocycles. The van der Waals surface area contributed by atoms with E-state index in [4.69, 9.17) is 26.8 Å². The first kappa shape index (κ1) is 29.5. The summed E-state index contributed by atoms with van der Waals surface area (Å²) in [4.78, 5) is 31.6. The van der Waals surface area contributed by atoms with Crippen molar-refractivity contribution in [2.45, 2.75) is 68.7 Å². The average molecular weight is 579 g/mol. The number of rotatable bonds is 8. The average Bonchev–Trinajstić information content (AvgIpc) is 3.57. The van der Waals surface area contributed by atoms with E-state index < -0.39 is 5.67 Å². The summed E-state index contributed by atoms with van der Waals surface area (Å²) in [6.07, 6.45) is 5.89. The van der Waals surface area contributed by atoms with Gasteiger partial charge in [0.2, 0.25) is 11.6 Å². The van der Waals surface area contributed by atoms with Gasteiger partial charge < -0.3 is 25.0 Å². The number of ether oxygens (including phenoxy) is 2. The second-order valence-electron chi connectivity index (χ2n) is 12.3. The number of piperidine rings is 1. The van der Waals surface area contributed by atoms with Gasteiger partial charge in [-0.15, -0.1) is 0 Å². The van der Waals surface area contributed by atoms with Crippen molar-refractivity contribution >= 4 is 29.1 Å². The van der Waals surface area contributed by atoms with Crippen LogP contribution in [0, 0.1) is 11.8 Å². The molecule has 222 valence electrons. The van der Waals surface area contributed by atoms with E-state index in [-0.39, 0.29) is 42.5 Å². The number of carbonyl (C=O) groups excluding carboxylic acids is 2. The largest absolute Gasteiger partial charge is 0.384 e. The summed E-state index contributed by atoms with van der Waals surface area (Å²) in [5, 5.41) is 0.637. The number of nitrogens with two attached hydrogens (primary N) is 1. The van der Waals surface area contributed by atoms with E-state index in [0.717, 1.165) is 36.9 Å². The van der Waals surface area contributed by atoms with Gasteiger partial charge in [0, 0.05) is 94.4 Å². The number of hydrogen-bond donors (Lipinski definition) is 1. The Morgan fingerprint density at radius 1 is 1.07 bits per heavy atom. The topological polar surface area (TPSA) is 88.3 Å². The number of carbonyl (C=O) groups is 2. The SMILES string of the molecule is COC[C@H]1CN(C(=O)[C@@]2(F)CCN(C3CCC(OC)CC3)C2)C[C@@H]1c1ccc(Cl)cc1N1CCC(C(N)=O)CC1. The Bertz CT molecular complexity index is 1060. The molecule has 4 fully saturated rings. The molecule has 3 heterocycles. The molecule has 1 aromatic carbocycles. The molecular formula is C30H44ClFN4O4. The number of hydrogen-bond acceptors (Lipinski definition) is 6. The van der Waals surface area contributed by atoms with Gasteiger partial charge >= 0.3 is 0 Å². The van der Waals surface area contributed by atoms with Crippen molar-refractivity contribution in [3.05, 3.63) is 28.8 Å². The smallest absolute Gasteiger partial charge is 0.261 e. The second kappa shape index (κ2) is 12.5. The summed E-state index contributed by atoms with van der Waals surface area (Å²) in [7, 11) is 3.42. The van der Waals surface area contributed by atoms with Gasteiger partial charge in [-0.25, -0.2) is 4.39 Å². The summed E-state index contributed by atoms with van der Waals surface area (Å²) in [5.74, 6) is -0.703. The molecule has 1 saturated carbocycles. The Kier molecular flexibility index (Phi) is 9.24. The molecule has 5 rings (SSSR count). The Morgan fingerprint density at radius 3 is 2.45 bits per heavy atom. The van der Waals surface area contributed by atoms with Gasteiger partial charge in [0.1, 0.15) is 0 Å². The predicted octanol–water partition coefficient (Wildman–Crippen LogP) is 3.60. The molecule has 1 aromatic rings. The molecule has 2 amide bonds. The van der Waals surface area contributed by atoms with Gasteiger partial charge in [-0.2, -0.15) is 0 Å². The van der Waals surface area contributed by atoms with Crippen molar-refractivity contribution in [1.82, 2.24) is 9.80 Å². The molecule has 3 atom stereocenters. The number of benzene rings is 1. The van der Waals surface area contributed by atoms with Crippen molar-refractivity contribution < 1.29 is 23.5 Å². The van der Waals surface area contributed by atoms with Crippen molar-refractivity contribution in [3.8, 4) is 0 Å². The predicted molar refractivity (Wildman–Crippen MR) is 153 cm³/mol. The molecule has 0 aromatic heterocycles. The van der Waals surface area contributed by atoms with Crippen LogP contribution >= 0.6 is 11.6 Å². The minimum absolute atomic E-state index is 0.00421. The quantitative estimate of drug-likeness (QED) is 0.507. The monoisotopic (exact) mass is 578 g/mol. The lowest BCUT2D eigenvalue weighted by molar-refractivity contribution is -0.142. The highest BCUT2D eigenvalue weighted by molar-refractivity contribution is 6.30. The van der Waals surface area contributed by atoms with Crippen LogP contribution in [0.5, 0.6) is 0 Å². The fourth-order valence-corrected chi connectivity index (χ4v) is 7.66. The maximum atomic E-state index is 16.3. The van der Waals surface area contributed by atoms with Crippen molar-refractivity contribution in [2.24, 2.45) is 17.6 Å². The lowest BCUT2D eigenvalue weighted by atomic mass is 9.87. The van der Waals surface area contributed by atoms with Crippen molar-refractivity contribution in [1.29, 1.82) is 0 Å². The molecule has 1 aliphatic carbocycles. The number of alkyl halides is 1. The van der Waals surface area contributed by atoms with E-state index in [2.05, 4.69) is 9.80 Å². The Balaban J connectivity index is 1.30. The van der Waals surface area contributed by atoms with Crippen LogP contribution in [0.4, 0.5) is 10.1 Å². The van der Waals surface area contributed by atoms with Gasteiger partial charge in [0.25, 0.3) is 5.91 Å². The van der Waals surface area contributed by atoms with Crippen LogP contribution in [0.1, 0.15) is 56.4 Å². The number of amides is 2. The number of anilines is 1. The number of methoxy groups -OCH3 is 2. The zero-order valence-corrected chi connectivity index (χ0v) is 24.6. The Hall–Kier alpha value is -1.94. The van der Waals surface area contributed by atoms with Gasteiger partial charge in [0.05, 0.1) is 12.7 Å². The van der Waals surface area contributed by atoms with Crippen LogP contribution in [0.3, 0.4) is 0 Å². The molecule has 10 heteroatoms. The Morgan fingerprint density at radius 2 is 1.80 bits per heavy atom. The van der Waals surface area contributed by atoms with Crippen LogP contribution in [0.2, 0.25) is 5.02 Å². The highest BCUT2D eigenvalue weighted by atomic mass is 35.5. The van der Waals surface area contributed by atoms with E-state index >= 15 is 4.39 Å². The number of halogens is 2. The fourth-order valence-electron chi connectivity index (χ4n) is 7.50. The molecule has 0 unspecified atom stereocenters. The third kappa shape index (κ3) is 6.13. The van der Waals surface area contributed by atoms with Gasteiger partial charge in [-0.1, -0.05) is 17.7 Å².